The van der Waals surface area contributed by atoms with Gasteiger partial charge in [0, 0.05) is 0 Å². The number of anilines is 2. The lowest BCUT2D eigenvalue weighted by molar-refractivity contribution is -0.216. The molecule has 26 heteroatoms. The predicted molar refractivity (Wildman–Crippen MR) is 188 cm³/mol. The number of nitrogen functional groups attached to an aromatic ring is 2. The van der Waals surface area contributed by atoms with Crippen LogP contribution in [0, 0.1) is 0 Å². The van der Waals surface area contributed by atoms with E-state index in [9.17, 15) is 14.3 Å². The molecule has 7 heterocycles. The van der Waals surface area contributed by atoms with Gasteiger partial charge in [0.2, 0.25) is 12.7 Å². The number of H-pyrrole nitrogens is 1. The summed E-state index contributed by atoms with van der Waals surface area (Å²) in [6, 6.07) is 0. The predicted octanol–water partition coefficient (Wildman–Crippen LogP) is 1.70. The fourth-order valence-corrected chi connectivity index (χ4v) is 10.0. The van der Waals surface area contributed by atoms with Crippen molar-refractivity contribution in [2.24, 2.45) is 0 Å². The maximum absolute atomic E-state index is 16.3. The van der Waals surface area contributed by atoms with Crippen molar-refractivity contribution in [1.29, 1.82) is 0 Å². The molecule has 5 N–H and O–H groups in total. The van der Waals surface area contributed by atoms with Crippen molar-refractivity contribution in [3.05, 3.63) is 29.3 Å². The van der Waals surface area contributed by atoms with E-state index in [2.05, 4.69) is 29.9 Å². The Hall–Kier alpha value is -2.44. The normalized spacial score (nSPS) is 34.9. The van der Waals surface area contributed by atoms with Gasteiger partial charge in [-0.05, 0) is 18.1 Å². The average molecular weight is 821 g/mol. The number of nitrogens with one attached hydrogen (secondary N) is 1. The summed E-state index contributed by atoms with van der Waals surface area (Å²) in [6.45, 7) is -0.361. The van der Waals surface area contributed by atoms with Gasteiger partial charge in [0.05, 0.1) is 25.9 Å². The molecule has 0 spiro atoms. The molecule has 0 saturated carbocycles. The molecule has 7 rings (SSSR count). The Bertz CT molecular complexity index is 2170. The van der Waals surface area contributed by atoms with E-state index in [0.29, 0.717) is 0 Å². The largest absolute Gasteiger partial charge is 0.780 e. The SMILES string of the molecule is CC(C)(C)[Si](C)(C)O[C@@H]1C2OP(=O)([S-])OC[C@H]3O[C@@H](n4cnc5c(N)ncnc54)C(F)[C@H]3OP([O-])(=S)OC[C@H]1O[C@H]2n1cnc2c(=O)[nH]c(N)nc21. The number of fused-ring (bicyclic) bond motifs is 5. The van der Waals surface area contributed by atoms with Crippen molar-refractivity contribution in [2.45, 2.75) is 88.1 Å². The van der Waals surface area contributed by atoms with Gasteiger partial charge in [-0.15, -0.1) is 0 Å². The van der Waals surface area contributed by atoms with E-state index in [0.717, 1.165) is 0 Å². The summed E-state index contributed by atoms with van der Waals surface area (Å²) >= 11 is 10.6. The van der Waals surface area contributed by atoms with Crippen LogP contribution < -0.4 is 21.9 Å². The van der Waals surface area contributed by atoms with Crippen LogP contribution in [0.15, 0.2) is 23.8 Å². The molecule has 3 aliphatic heterocycles. The number of hydrogen-bond acceptors (Lipinski definition) is 19. The topological polar surface area (TPSA) is 264 Å². The van der Waals surface area contributed by atoms with Crippen LogP contribution in [0.5, 0.6) is 0 Å². The van der Waals surface area contributed by atoms with Crippen molar-refractivity contribution in [3.8, 4) is 0 Å². The van der Waals surface area contributed by atoms with Gasteiger partial charge >= 0.3 is 0 Å². The zero-order chi connectivity index (χ0) is 37.5. The highest BCUT2D eigenvalue weighted by molar-refractivity contribution is 8.32. The molecule has 4 aromatic heterocycles. The number of alkyl halides is 1. The smallest absolute Gasteiger partial charge is 0.280 e. The summed E-state index contributed by atoms with van der Waals surface area (Å²) in [7, 11) is -2.71. The zero-order valence-electron chi connectivity index (χ0n) is 28.2. The van der Waals surface area contributed by atoms with E-state index < -0.39 is 89.8 Å². The van der Waals surface area contributed by atoms with Crippen LogP contribution in [0.25, 0.3) is 22.3 Å². The number of rotatable bonds is 4. The molecule has 0 amide bonds. The van der Waals surface area contributed by atoms with Crippen molar-refractivity contribution < 1.29 is 45.8 Å². The maximum atomic E-state index is 16.3. The fourth-order valence-electron chi connectivity index (χ4n) is 5.89. The number of halogens is 1. The molecule has 4 aromatic rings. The minimum atomic E-state index is -4.55. The first-order valence-corrected chi connectivity index (χ1v) is 23.8. The van der Waals surface area contributed by atoms with Crippen LogP contribution >= 0.6 is 13.5 Å². The van der Waals surface area contributed by atoms with Crippen molar-refractivity contribution in [3.63, 3.8) is 0 Å². The van der Waals surface area contributed by atoms with E-state index in [4.69, 9.17) is 67.5 Å². The molecule has 0 radical (unpaired) electrons. The van der Waals surface area contributed by atoms with Gasteiger partial charge < -0.3 is 60.6 Å². The van der Waals surface area contributed by atoms with E-state index >= 15 is 4.39 Å². The second-order valence-corrected chi connectivity index (χ2v) is 24.1. The average Bonchev–Trinajstić information content (AvgIpc) is 3.80. The van der Waals surface area contributed by atoms with Crippen LogP contribution in [0.3, 0.4) is 0 Å². The summed E-state index contributed by atoms with van der Waals surface area (Å²) in [6.07, 6.45) is -7.74. The Labute approximate surface area is 306 Å². The van der Waals surface area contributed by atoms with Crippen LogP contribution in [0.1, 0.15) is 33.2 Å². The molecule has 2 bridgehead atoms. The Morgan fingerprint density at radius 1 is 1.02 bits per heavy atom. The molecule has 0 aliphatic carbocycles. The molecule has 4 unspecified atom stereocenters. The third kappa shape index (κ3) is 6.98. The van der Waals surface area contributed by atoms with Crippen molar-refractivity contribution >= 4 is 80.0 Å². The highest BCUT2D eigenvalue weighted by Gasteiger charge is 2.54. The van der Waals surface area contributed by atoms with Gasteiger partial charge in [0.1, 0.15) is 49.1 Å². The summed E-state index contributed by atoms with van der Waals surface area (Å²) in [5.74, 6) is -0.157. The monoisotopic (exact) mass is 820 g/mol. The first-order chi connectivity index (χ1) is 24.3. The Balaban J connectivity index is 1.27. The minimum absolute atomic E-state index is 0.00674. The number of imidazole rings is 2. The second kappa shape index (κ2) is 13.4. The van der Waals surface area contributed by atoms with Gasteiger partial charge in [-0.25, -0.2) is 24.3 Å². The lowest BCUT2D eigenvalue weighted by Gasteiger charge is -2.41. The molecule has 10 atom stereocenters. The van der Waals surface area contributed by atoms with E-state index in [1.165, 1.54) is 28.1 Å². The highest BCUT2D eigenvalue weighted by Crippen LogP contribution is 2.55. The van der Waals surface area contributed by atoms with Crippen LogP contribution in [-0.4, -0.2) is 97.3 Å². The Morgan fingerprint density at radius 3 is 2.38 bits per heavy atom. The number of aromatic amines is 1. The van der Waals surface area contributed by atoms with Crippen LogP contribution in [0.4, 0.5) is 16.2 Å². The van der Waals surface area contributed by atoms with Crippen LogP contribution in [0.2, 0.25) is 18.1 Å². The van der Waals surface area contributed by atoms with Crippen molar-refractivity contribution in [2.75, 3.05) is 24.7 Å². The molecule has 3 saturated heterocycles. The van der Waals surface area contributed by atoms with Gasteiger partial charge in [-0.3, -0.25) is 23.5 Å². The minimum Gasteiger partial charge on any atom is -0.780 e. The number of nitrogens with two attached hydrogens (primary N) is 2. The molecule has 284 valence electrons. The van der Waals surface area contributed by atoms with E-state index in [1.807, 2.05) is 33.9 Å². The van der Waals surface area contributed by atoms with Gasteiger partial charge in [0.15, 0.2) is 49.6 Å². The highest BCUT2D eigenvalue weighted by atomic mass is 32.7. The van der Waals surface area contributed by atoms with Crippen molar-refractivity contribution in [1.82, 2.24) is 39.0 Å². The third-order valence-corrected chi connectivity index (χ3v) is 17.0. The summed E-state index contributed by atoms with van der Waals surface area (Å²) in [5, 5.41) is -0.348. The quantitative estimate of drug-likeness (QED) is 0.150. The lowest BCUT2D eigenvalue weighted by Crippen LogP contribution is -2.50. The van der Waals surface area contributed by atoms with E-state index in [1.54, 1.807) is 0 Å². The lowest BCUT2D eigenvalue weighted by atomic mass is 10.1. The van der Waals surface area contributed by atoms with Gasteiger partial charge in [-0.1, -0.05) is 32.6 Å². The second-order valence-electron chi connectivity index (χ2n) is 13.9. The molecule has 3 fully saturated rings. The molecule has 20 nitrogen and oxygen atoms in total. The van der Waals surface area contributed by atoms with Crippen LogP contribution in [-0.2, 0) is 60.6 Å². The zero-order valence-corrected chi connectivity index (χ0v) is 32.6. The summed E-state index contributed by atoms with van der Waals surface area (Å²) < 4.78 is 75.2. The number of nitrogens with zero attached hydrogens (tertiary/aromatic N) is 7. The molecule has 0 aromatic carbocycles. The molecular formula is C26H35FN10O10P2S2Si-2. The third-order valence-electron chi connectivity index (χ3n) is 9.47. The maximum Gasteiger partial charge on any atom is 0.280 e. The van der Waals surface area contributed by atoms with Gasteiger partial charge in [0.25, 0.3) is 5.56 Å². The fraction of sp³-hybridized carbons (Fsp3) is 0.615. The molecule has 3 aliphatic rings. The standard InChI is InChI=1S/C26H37FN10O10P2S2Si/c1-26(2,3)52(4,5)47-17-12-7-42-48(39,50)45-16-11(43-23(13(16)27)36-9-32-14-19(28)30-8-31-20(14)36)6-41-49(40,51)46-18(17)24(44-12)37-10-33-15-21(37)34-25(29)35-22(15)38/h8-13,16-18,23-24H,6-7H2,1-5H3,(H,39,50)(H,40,51)(H2,28,30,31)(H3,29,34,35,38)/p-2/t11-,12-,13?,16+,17+,18?,23-,24-,48?,49?/m1/s1. The first-order valence-electron chi connectivity index (χ1n) is 15.8. The van der Waals surface area contributed by atoms with Gasteiger partial charge in [-0.2, -0.15) is 4.98 Å². The number of hydrogen-bond donors (Lipinski definition) is 3. The molecular weight excluding hydrogens is 786 g/mol. The number of aromatic nitrogens is 8. The number of ether oxygens (including phenoxy) is 2. The molecule has 52 heavy (non-hydrogen) atoms. The van der Waals surface area contributed by atoms with E-state index in [-0.39, 0.29) is 39.1 Å². The summed E-state index contributed by atoms with van der Waals surface area (Å²) in [5.41, 5.74) is 11.4. The first kappa shape index (κ1) is 37.9. The Kier molecular flexibility index (Phi) is 9.75. The Morgan fingerprint density at radius 2 is 1.67 bits per heavy atom. The summed E-state index contributed by atoms with van der Waals surface area (Å²) in [4.78, 5) is 49.3.